The average molecular weight is 456 g/mol. The Hall–Kier alpha value is -2.91. The maximum absolute atomic E-state index is 11.9. The molecule has 8 nitrogen and oxygen atoms in total. The van der Waals surface area contributed by atoms with Crippen molar-refractivity contribution in [2.24, 2.45) is 0 Å². The van der Waals surface area contributed by atoms with E-state index in [1.165, 1.54) is 12.7 Å². The van der Waals surface area contributed by atoms with E-state index in [0.29, 0.717) is 35.1 Å². The number of rotatable bonds is 7. The molecule has 3 heterocycles. The van der Waals surface area contributed by atoms with E-state index in [9.17, 15) is 4.79 Å². The van der Waals surface area contributed by atoms with Gasteiger partial charge in [0.25, 0.3) is 0 Å². The van der Waals surface area contributed by atoms with E-state index in [0.717, 1.165) is 37.6 Å². The number of nitrogens with zero attached hydrogens (tertiary/aromatic N) is 5. The van der Waals surface area contributed by atoms with Gasteiger partial charge in [0.1, 0.15) is 17.1 Å². The fourth-order valence-corrected chi connectivity index (χ4v) is 4.29. The van der Waals surface area contributed by atoms with Gasteiger partial charge in [-0.1, -0.05) is 17.7 Å². The van der Waals surface area contributed by atoms with Crippen LogP contribution in [0.2, 0.25) is 0 Å². The summed E-state index contributed by atoms with van der Waals surface area (Å²) in [5.74, 6) is 1.73. The fourth-order valence-electron chi connectivity index (χ4n) is 4.01. The maximum Gasteiger partial charge on any atom is 0.341 e. The summed E-state index contributed by atoms with van der Waals surface area (Å²) in [7, 11) is 3.34. The lowest BCUT2D eigenvalue weighted by molar-refractivity contribution is 0.0599. The number of carbonyl (C=O) groups is 1. The summed E-state index contributed by atoms with van der Waals surface area (Å²) in [5.41, 5.74) is 2.67. The first kappa shape index (κ1) is 22.3. The zero-order valence-corrected chi connectivity index (χ0v) is 19.8. The number of benzene rings is 1. The van der Waals surface area contributed by atoms with Crippen molar-refractivity contribution in [2.75, 3.05) is 32.1 Å². The Morgan fingerprint density at radius 2 is 1.91 bits per heavy atom. The summed E-state index contributed by atoms with van der Waals surface area (Å²) in [6.45, 7) is 6.80. The Morgan fingerprint density at radius 3 is 2.56 bits per heavy atom. The zero-order chi connectivity index (χ0) is 22.8. The second-order valence-corrected chi connectivity index (χ2v) is 8.64. The molecule has 1 aromatic carbocycles. The van der Waals surface area contributed by atoms with E-state index in [1.54, 1.807) is 13.0 Å². The molecule has 4 rings (SSSR count). The highest BCUT2D eigenvalue weighted by Crippen LogP contribution is 2.24. The monoisotopic (exact) mass is 455 g/mol. The molecule has 0 spiro atoms. The molecule has 9 heteroatoms. The number of carbonyl (C=O) groups excluding carboxylic acids is 1. The molecular weight excluding hydrogens is 426 g/mol. The SMILES string of the molecule is COC(=O)c1cc(CN(C)Cn2nc(N3CCCC3)n(-c3ccc(C)cc3)c2=S)oc1C. The largest absolute Gasteiger partial charge is 0.465 e. The van der Waals surface area contributed by atoms with Crippen LogP contribution >= 0.6 is 12.2 Å². The molecule has 0 aliphatic carbocycles. The molecule has 1 fully saturated rings. The van der Waals surface area contributed by atoms with Crippen LogP contribution in [0.1, 0.15) is 40.3 Å². The molecule has 0 amide bonds. The van der Waals surface area contributed by atoms with Crippen molar-refractivity contribution in [3.05, 3.63) is 57.8 Å². The number of hydrogen-bond donors (Lipinski definition) is 0. The number of furan rings is 1. The summed E-state index contributed by atoms with van der Waals surface area (Å²) in [6, 6.07) is 10.1. The minimum absolute atomic E-state index is 0.394. The van der Waals surface area contributed by atoms with Gasteiger partial charge >= 0.3 is 5.97 Å². The molecule has 170 valence electrons. The standard InChI is InChI=1S/C23H29N5O3S/c1-16-7-9-18(10-8-16)28-22(26-11-5-6-12-26)24-27(23(28)32)15-25(3)14-19-13-20(17(2)31-19)21(29)30-4/h7-10,13H,5-6,11-12,14-15H2,1-4H3. The molecule has 3 aromatic rings. The molecule has 0 radical (unpaired) electrons. The van der Waals surface area contributed by atoms with E-state index in [-0.39, 0.29) is 0 Å². The Balaban J connectivity index is 1.59. The molecule has 32 heavy (non-hydrogen) atoms. The third-order valence-corrected chi connectivity index (χ3v) is 6.07. The zero-order valence-electron chi connectivity index (χ0n) is 19.0. The van der Waals surface area contributed by atoms with Crippen molar-refractivity contribution >= 4 is 24.1 Å². The molecular formula is C23H29N5O3S. The number of ether oxygens (including phenoxy) is 1. The van der Waals surface area contributed by atoms with Gasteiger partial charge in [0.2, 0.25) is 10.7 Å². The molecule has 0 N–H and O–H groups in total. The van der Waals surface area contributed by atoms with Crippen LogP contribution in [0.3, 0.4) is 0 Å². The normalized spacial score (nSPS) is 13.8. The first-order chi connectivity index (χ1) is 15.4. The summed E-state index contributed by atoms with van der Waals surface area (Å²) >= 11 is 5.85. The molecule has 1 saturated heterocycles. The van der Waals surface area contributed by atoms with Crippen LogP contribution in [0.4, 0.5) is 5.95 Å². The highest BCUT2D eigenvalue weighted by Gasteiger charge is 2.22. The van der Waals surface area contributed by atoms with Gasteiger partial charge in [-0.2, -0.15) is 0 Å². The third kappa shape index (κ3) is 4.49. The Kier molecular flexibility index (Phi) is 6.48. The molecule has 0 atom stereocenters. The van der Waals surface area contributed by atoms with E-state index in [4.69, 9.17) is 26.5 Å². The first-order valence-electron chi connectivity index (χ1n) is 10.8. The lowest BCUT2D eigenvalue weighted by Gasteiger charge is -2.17. The van der Waals surface area contributed by atoms with Crippen LogP contribution in [0.15, 0.2) is 34.7 Å². The van der Waals surface area contributed by atoms with Gasteiger partial charge in [-0.25, -0.2) is 9.48 Å². The van der Waals surface area contributed by atoms with Crippen molar-refractivity contribution in [3.63, 3.8) is 0 Å². The summed E-state index contributed by atoms with van der Waals surface area (Å²) in [4.78, 5) is 16.2. The average Bonchev–Trinajstić information content (AvgIpc) is 3.49. The van der Waals surface area contributed by atoms with Crippen molar-refractivity contribution in [3.8, 4) is 5.69 Å². The molecule has 1 aliphatic rings. The third-order valence-electron chi connectivity index (χ3n) is 5.68. The van der Waals surface area contributed by atoms with E-state index in [2.05, 4.69) is 45.6 Å². The predicted molar refractivity (Wildman–Crippen MR) is 125 cm³/mol. The van der Waals surface area contributed by atoms with E-state index in [1.807, 2.05) is 11.7 Å². The number of aryl methyl sites for hydroxylation is 2. The highest BCUT2D eigenvalue weighted by atomic mass is 32.1. The van der Waals surface area contributed by atoms with Gasteiger partial charge in [-0.3, -0.25) is 9.47 Å². The Bertz CT molecular complexity index is 1160. The van der Waals surface area contributed by atoms with Gasteiger partial charge in [-0.15, -0.1) is 5.10 Å². The number of anilines is 1. The maximum atomic E-state index is 11.9. The van der Waals surface area contributed by atoms with Gasteiger partial charge in [0.15, 0.2) is 0 Å². The number of esters is 1. The van der Waals surface area contributed by atoms with Gasteiger partial charge < -0.3 is 14.1 Å². The van der Waals surface area contributed by atoms with Gasteiger partial charge in [0.05, 0.1) is 26.0 Å². The minimum Gasteiger partial charge on any atom is -0.465 e. The quantitative estimate of drug-likeness (QED) is 0.393. The lowest BCUT2D eigenvalue weighted by atomic mass is 10.2. The van der Waals surface area contributed by atoms with Crippen molar-refractivity contribution in [1.82, 2.24) is 19.2 Å². The van der Waals surface area contributed by atoms with Gasteiger partial charge in [-0.05, 0) is 64.2 Å². The summed E-state index contributed by atoms with van der Waals surface area (Å²) in [5, 5.41) is 4.89. The summed E-state index contributed by atoms with van der Waals surface area (Å²) in [6.07, 6.45) is 2.32. The van der Waals surface area contributed by atoms with Crippen LogP contribution in [-0.2, 0) is 18.0 Å². The predicted octanol–water partition coefficient (Wildman–Crippen LogP) is 4.09. The Morgan fingerprint density at radius 1 is 1.22 bits per heavy atom. The number of hydrogen-bond acceptors (Lipinski definition) is 7. The smallest absolute Gasteiger partial charge is 0.341 e. The van der Waals surface area contributed by atoms with Gasteiger partial charge in [0, 0.05) is 13.1 Å². The second kappa shape index (κ2) is 9.30. The van der Waals surface area contributed by atoms with Crippen molar-refractivity contribution in [2.45, 2.75) is 39.9 Å². The van der Waals surface area contributed by atoms with Crippen LogP contribution in [0.25, 0.3) is 5.69 Å². The minimum atomic E-state index is -0.394. The molecule has 0 saturated carbocycles. The molecule has 0 bridgehead atoms. The fraction of sp³-hybridized carbons (Fsp3) is 0.435. The molecule has 0 unspecified atom stereocenters. The van der Waals surface area contributed by atoms with Crippen LogP contribution in [0, 0.1) is 18.6 Å². The van der Waals surface area contributed by atoms with Crippen molar-refractivity contribution in [1.29, 1.82) is 0 Å². The number of methoxy groups -OCH3 is 1. The van der Waals surface area contributed by atoms with Crippen molar-refractivity contribution < 1.29 is 13.9 Å². The van der Waals surface area contributed by atoms with Crippen LogP contribution in [-0.4, -0.2) is 52.5 Å². The first-order valence-corrected chi connectivity index (χ1v) is 11.2. The number of aromatic nitrogens is 3. The second-order valence-electron chi connectivity index (χ2n) is 8.28. The molecule has 1 aliphatic heterocycles. The highest BCUT2D eigenvalue weighted by molar-refractivity contribution is 7.71. The van der Waals surface area contributed by atoms with Crippen LogP contribution in [0.5, 0.6) is 0 Å². The van der Waals surface area contributed by atoms with Crippen LogP contribution < -0.4 is 4.90 Å². The molecule has 2 aromatic heterocycles. The topological polar surface area (TPSA) is 68.7 Å². The Labute approximate surface area is 193 Å². The van der Waals surface area contributed by atoms with E-state index >= 15 is 0 Å². The lowest BCUT2D eigenvalue weighted by Crippen LogP contribution is -2.23. The summed E-state index contributed by atoms with van der Waals surface area (Å²) < 4.78 is 15.1. The van der Waals surface area contributed by atoms with E-state index < -0.39 is 5.97 Å².